The molecule has 0 aromatic heterocycles. The number of halogens is 2. The van der Waals surface area contributed by atoms with E-state index in [1.165, 1.54) is 18.2 Å². The van der Waals surface area contributed by atoms with E-state index in [1.54, 1.807) is 0 Å². The van der Waals surface area contributed by atoms with Crippen molar-refractivity contribution in [2.45, 2.75) is 19.3 Å². The van der Waals surface area contributed by atoms with Crippen LogP contribution in [0.25, 0.3) is 0 Å². The van der Waals surface area contributed by atoms with Crippen molar-refractivity contribution in [2.75, 3.05) is 0 Å². The van der Waals surface area contributed by atoms with Crippen LogP contribution in [0.1, 0.15) is 29.6 Å². The summed E-state index contributed by atoms with van der Waals surface area (Å²) in [7, 11) is 0. The lowest BCUT2D eigenvalue weighted by Crippen LogP contribution is -2.04. The molecule has 0 fully saturated rings. The Morgan fingerprint density at radius 2 is 2.20 bits per heavy atom. The number of carbonyl (C=O) groups is 1. The number of hydrogen-bond donors (Lipinski definition) is 0. The maximum absolute atomic E-state index is 13.4. The number of allylic oxidation sites excluding steroid dienone is 2. The average molecular weight is 225 g/mol. The van der Waals surface area contributed by atoms with Crippen molar-refractivity contribution in [2.24, 2.45) is 0 Å². The first-order valence-corrected chi connectivity index (χ1v) is 5.25. The number of benzene rings is 1. The molecule has 1 aliphatic rings. The van der Waals surface area contributed by atoms with Crippen LogP contribution >= 0.6 is 11.6 Å². The first-order chi connectivity index (χ1) is 7.18. The van der Waals surface area contributed by atoms with Gasteiger partial charge in [0.05, 0.1) is 5.56 Å². The fraction of sp³-hybridized carbons (Fsp3) is 0.250. The highest BCUT2D eigenvalue weighted by Gasteiger charge is 2.18. The summed E-state index contributed by atoms with van der Waals surface area (Å²) in [6.45, 7) is 0. The lowest BCUT2D eigenvalue weighted by molar-refractivity contribution is 0.102. The minimum Gasteiger partial charge on any atom is -0.289 e. The molecule has 0 radical (unpaired) electrons. The van der Waals surface area contributed by atoms with E-state index in [4.69, 9.17) is 11.6 Å². The summed E-state index contributed by atoms with van der Waals surface area (Å²) < 4.78 is 13.4. The maximum atomic E-state index is 13.4. The third kappa shape index (κ3) is 2.10. The van der Waals surface area contributed by atoms with Gasteiger partial charge in [-0.25, -0.2) is 4.39 Å². The monoisotopic (exact) mass is 224 g/mol. The van der Waals surface area contributed by atoms with E-state index in [0.717, 1.165) is 19.3 Å². The van der Waals surface area contributed by atoms with Crippen LogP contribution < -0.4 is 0 Å². The molecule has 78 valence electrons. The van der Waals surface area contributed by atoms with E-state index in [1.807, 2.05) is 6.08 Å². The molecule has 3 heteroatoms. The Hall–Kier alpha value is -1.15. The Labute approximate surface area is 92.6 Å². The zero-order chi connectivity index (χ0) is 10.8. The third-order valence-electron chi connectivity index (χ3n) is 2.51. The van der Waals surface area contributed by atoms with Crippen LogP contribution in [0.3, 0.4) is 0 Å². The van der Waals surface area contributed by atoms with Gasteiger partial charge in [-0.3, -0.25) is 4.79 Å². The Morgan fingerprint density at radius 3 is 2.87 bits per heavy atom. The summed E-state index contributed by atoms with van der Waals surface area (Å²) in [6, 6.07) is 4.06. The molecule has 15 heavy (non-hydrogen) atoms. The second-order valence-electron chi connectivity index (χ2n) is 3.57. The van der Waals surface area contributed by atoms with Crippen LogP contribution in [0, 0.1) is 5.82 Å². The van der Waals surface area contributed by atoms with Crippen molar-refractivity contribution in [1.29, 1.82) is 0 Å². The summed E-state index contributed by atoms with van der Waals surface area (Å²) >= 11 is 5.73. The van der Waals surface area contributed by atoms with Crippen LogP contribution in [0.5, 0.6) is 0 Å². The number of hydrogen-bond acceptors (Lipinski definition) is 1. The fourth-order valence-corrected chi connectivity index (χ4v) is 1.89. The topological polar surface area (TPSA) is 17.1 Å². The second kappa shape index (κ2) is 4.15. The molecule has 0 spiro atoms. The van der Waals surface area contributed by atoms with Gasteiger partial charge in [-0.2, -0.15) is 0 Å². The zero-order valence-electron chi connectivity index (χ0n) is 8.09. The average Bonchev–Trinajstić information content (AvgIpc) is 2.74. The fourth-order valence-electron chi connectivity index (χ4n) is 1.72. The molecule has 0 aliphatic heterocycles. The number of carbonyl (C=O) groups excluding carboxylic acids is 1. The molecule has 0 atom stereocenters. The van der Waals surface area contributed by atoms with Gasteiger partial charge in [0.2, 0.25) is 0 Å². The minimum absolute atomic E-state index is 0.0793. The summed E-state index contributed by atoms with van der Waals surface area (Å²) in [4.78, 5) is 11.9. The first kappa shape index (κ1) is 10.4. The van der Waals surface area contributed by atoms with Gasteiger partial charge in [0, 0.05) is 5.02 Å². The predicted molar refractivity (Wildman–Crippen MR) is 57.7 cm³/mol. The highest BCUT2D eigenvalue weighted by molar-refractivity contribution is 6.31. The van der Waals surface area contributed by atoms with Crippen molar-refractivity contribution in [3.05, 3.63) is 46.3 Å². The molecule has 0 bridgehead atoms. The van der Waals surface area contributed by atoms with Crippen LogP contribution in [-0.2, 0) is 0 Å². The van der Waals surface area contributed by atoms with Gasteiger partial charge in [-0.1, -0.05) is 17.7 Å². The molecule has 0 heterocycles. The molecule has 0 unspecified atom stereocenters. The van der Waals surface area contributed by atoms with Crippen molar-refractivity contribution in [1.82, 2.24) is 0 Å². The molecule has 0 amide bonds. The van der Waals surface area contributed by atoms with E-state index in [0.29, 0.717) is 10.6 Å². The van der Waals surface area contributed by atoms with Crippen molar-refractivity contribution in [3.63, 3.8) is 0 Å². The smallest absolute Gasteiger partial charge is 0.191 e. The molecule has 0 N–H and O–H groups in total. The Kier molecular flexibility index (Phi) is 2.87. The van der Waals surface area contributed by atoms with Crippen molar-refractivity contribution >= 4 is 17.4 Å². The molecule has 0 saturated heterocycles. The largest absolute Gasteiger partial charge is 0.289 e. The lowest BCUT2D eigenvalue weighted by Gasteiger charge is -2.03. The van der Waals surface area contributed by atoms with Gasteiger partial charge in [-0.05, 0) is 43.0 Å². The first-order valence-electron chi connectivity index (χ1n) is 4.87. The molecule has 1 aliphatic carbocycles. The maximum Gasteiger partial charge on any atom is 0.191 e. The molecule has 2 rings (SSSR count). The molecular formula is C12H10ClFO. The van der Waals surface area contributed by atoms with Gasteiger partial charge < -0.3 is 0 Å². The molecule has 1 nitrogen and oxygen atoms in total. The number of Topliss-reactive ketones (excluding diaryl/α,β-unsaturated/α-hetero) is 1. The Balaban J connectivity index is 2.36. The van der Waals surface area contributed by atoms with Crippen LogP contribution in [0.2, 0.25) is 5.02 Å². The Morgan fingerprint density at radius 1 is 1.40 bits per heavy atom. The summed E-state index contributed by atoms with van der Waals surface area (Å²) in [5.74, 6) is -0.732. The van der Waals surface area contributed by atoms with Crippen LogP contribution in [0.4, 0.5) is 4.39 Å². The Bertz CT molecular complexity index is 437. The summed E-state index contributed by atoms with van der Waals surface area (Å²) in [5.41, 5.74) is 0.784. The summed E-state index contributed by atoms with van der Waals surface area (Å²) in [5, 5.41) is 0.387. The van der Waals surface area contributed by atoms with Gasteiger partial charge in [0.15, 0.2) is 5.78 Å². The summed E-state index contributed by atoms with van der Waals surface area (Å²) in [6.07, 6.45) is 4.50. The van der Waals surface area contributed by atoms with Crippen LogP contribution in [0.15, 0.2) is 29.8 Å². The normalized spacial score (nSPS) is 15.2. The van der Waals surface area contributed by atoms with Crippen LogP contribution in [-0.4, -0.2) is 5.78 Å². The lowest BCUT2D eigenvalue weighted by atomic mass is 10.0. The molecule has 0 saturated carbocycles. The SMILES string of the molecule is O=C(C1=CCCC1)c1cc(Cl)ccc1F. The van der Waals surface area contributed by atoms with E-state index >= 15 is 0 Å². The van der Waals surface area contributed by atoms with E-state index in [9.17, 15) is 9.18 Å². The zero-order valence-corrected chi connectivity index (χ0v) is 8.85. The number of rotatable bonds is 2. The minimum atomic E-state index is -0.503. The van der Waals surface area contributed by atoms with Gasteiger partial charge in [0.1, 0.15) is 5.82 Å². The second-order valence-corrected chi connectivity index (χ2v) is 4.01. The molecular weight excluding hydrogens is 215 g/mol. The van der Waals surface area contributed by atoms with E-state index in [2.05, 4.69) is 0 Å². The molecule has 1 aromatic rings. The van der Waals surface area contributed by atoms with Gasteiger partial charge in [0.25, 0.3) is 0 Å². The third-order valence-corrected chi connectivity index (χ3v) is 2.74. The quantitative estimate of drug-likeness (QED) is 0.699. The number of ketones is 1. The van der Waals surface area contributed by atoms with E-state index in [-0.39, 0.29) is 11.3 Å². The highest BCUT2D eigenvalue weighted by atomic mass is 35.5. The van der Waals surface area contributed by atoms with E-state index < -0.39 is 5.82 Å². The molecule has 1 aromatic carbocycles. The standard InChI is InChI=1S/C12H10ClFO/c13-9-5-6-11(14)10(7-9)12(15)8-3-1-2-4-8/h3,5-7H,1-2,4H2. The van der Waals surface area contributed by atoms with Crippen molar-refractivity contribution in [3.8, 4) is 0 Å². The predicted octanol–water partition coefficient (Wildman–Crippen LogP) is 3.77. The highest BCUT2D eigenvalue weighted by Crippen LogP contribution is 2.24. The van der Waals surface area contributed by atoms with Crippen molar-refractivity contribution < 1.29 is 9.18 Å². The van der Waals surface area contributed by atoms with Gasteiger partial charge >= 0.3 is 0 Å². The van der Waals surface area contributed by atoms with Gasteiger partial charge in [-0.15, -0.1) is 0 Å².